The van der Waals surface area contributed by atoms with E-state index in [0.717, 1.165) is 6.07 Å². The van der Waals surface area contributed by atoms with Crippen molar-refractivity contribution in [2.75, 3.05) is 0 Å². The predicted molar refractivity (Wildman–Crippen MR) is 65.2 cm³/mol. The van der Waals surface area contributed by atoms with Gasteiger partial charge in [0.2, 0.25) is 0 Å². The van der Waals surface area contributed by atoms with Crippen molar-refractivity contribution in [1.29, 1.82) is 0 Å². The van der Waals surface area contributed by atoms with Gasteiger partial charge in [0.15, 0.2) is 0 Å². The number of carboxylic acid groups (broad SMARTS) is 1. The standard InChI is InChI=1S/C13H13F4NO3/c1-12(2,6-10(19)20)18-11(21)7-3-4-9(14)8(5-7)13(15,16)17/h3-5H,6H2,1-2H3,(H,18,21)(H,19,20). The van der Waals surface area contributed by atoms with E-state index in [1.54, 1.807) is 0 Å². The number of amides is 1. The average Bonchev–Trinajstić information content (AvgIpc) is 2.24. The molecule has 1 aromatic rings. The fraction of sp³-hybridized carbons (Fsp3) is 0.385. The van der Waals surface area contributed by atoms with E-state index in [-0.39, 0.29) is 0 Å². The molecule has 0 spiro atoms. The van der Waals surface area contributed by atoms with E-state index in [9.17, 15) is 27.2 Å². The third-order valence-electron chi connectivity index (χ3n) is 2.58. The Morgan fingerprint density at radius 2 is 1.81 bits per heavy atom. The molecule has 4 nitrogen and oxygen atoms in total. The summed E-state index contributed by atoms with van der Waals surface area (Å²) >= 11 is 0. The Morgan fingerprint density at radius 1 is 1.24 bits per heavy atom. The van der Waals surface area contributed by atoms with Crippen molar-refractivity contribution in [3.63, 3.8) is 0 Å². The minimum Gasteiger partial charge on any atom is -0.481 e. The van der Waals surface area contributed by atoms with Gasteiger partial charge in [-0.3, -0.25) is 9.59 Å². The number of rotatable bonds is 4. The molecule has 116 valence electrons. The molecule has 0 bridgehead atoms. The van der Waals surface area contributed by atoms with Gasteiger partial charge in [-0.2, -0.15) is 13.2 Å². The Labute approximate surface area is 117 Å². The van der Waals surface area contributed by atoms with Crippen molar-refractivity contribution in [3.8, 4) is 0 Å². The monoisotopic (exact) mass is 307 g/mol. The van der Waals surface area contributed by atoms with E-state index in [4.69, 9.17) is 5.11 Å². The summed E-state index contributed by atoms with van der Waals surface area (Å²) in [6.45, 7) is 2.82. The van der Waals surface area contributed by atoms with Crippen molar-refractivity contribution in [2.45, 2.75) is 32.0 Å². The van der Waals surface area contributed by atoms with Crippen LogP contribution in [-0.2, 0) is 11.0 Å². The SMILES string of the molecule is CC(C)(CC(=O)O)NC(=O)c1ccc(F)c(C(F)(F)F)c1. The molecule has 0 fully saturated rings. The molecule has 0 heterocycles. The molecule has 0 saturated heterocycles. The number of hydrogen-bond acceptors (Lipinski definition) is 2. The Hall–Kier alpha value is -2.12. The second-order valence-corrected chi connectivity index (χ2v) is 5.10. The number of halogens is 4. The number of aliphatic carboxylic acids is 1. The van der Waals surface area contributed by atoms with Crippen LogP contribution in [0.4, 0.5) is 17.6 Å². The quantitative estimate of drug-likeness (QED) is 0.841. The number of carbonyl (C=O) groups is 2. The highest BCUT2D eigenvalue weighted by atomic mass is 19.4. The first kappa shape index (κ1) is 16.9. The lowest BCUT2D eigenvalue weighted by Gasteiger charge is -2.24. The largest absolute Gasteiger partial charge is 0.481 e. The number of benzene rings is 1. The number of hydrogen-bond donors (Lipinski definition) is 2. The van der Waals surface area contributed by atoms with E-state index in [0.29, 0.717) is 12.1 Å². The average molecular weight is 307 g/mol. The molecule has 0 radical (unpaired) electrons. The third-order valence-corrected chi connectivity index (χ3v) is 2.58. The van der Waals surface area contributed by atoms with Crippen LogP contribution in [0.15, 0.2) is 18.2 Å². The highest BCUT2D eigenvalue weighted by Crippen LogP contribution is 2.32. The summed E-state index contributed by atoms with van der Waals surface area (Å²) in [6.07, 6.45) is -5.33. The smallest absolute Gasteiger partial charge is 0.419 e. The summed E-state index contributed by atoms with van der Waals surface area (Å²) in [5, 5.41) is 11.0. The minimum absolute atomic E-state index is 0.390. The Morgan fingerprint density at radius 3 is 2.29 bits per heavy atom. The second-order valence-electron chi connectivity index (χ2n) is 5.10. The molecule has 1 rings (SSSR count). The van der Waals surface area contributed by atoms with Crippen LogP contribution in [0.2, 0.25) is 0 Å². The molecular weight excluding hydrogens is 294 g/mol. The summed E-state index contributed by atoms with van der Waals surface area (Å²) < 4.78 is 50.8. The van der Waals surface area contributed by atoms with Crippen LogP contribution in [0.1, 0.15) is 36.2 Å². The molecule has 1 amide bonds. The first-order chi connectivity index (χ1) is 9.42. The molecule has 1 aromatic carbocycles. The molecule has 8 heteroatoms. The molecule has 0 atom stereocenters. The number of carbonyl (C=O) groups excluding carboxylic acids is 1. The van der Waals surface area contributed by atoms with Crippen LogP contribution in [0.25, 0.3) is 0 Å². The molecule has 2 N–H and O–H groups in total. The van der Waals surface area contributed by atoms with Crippen LogP contribution in [0.5, 0.6) is 0 Å². The molecule has 0 aromatic heterocycles. The van der Waals surface area contributed by atoms with Crippen LogP contribution in [-0.4, -0.2) is 22.5 Å². The molecular formula is C13H13F4NO3. The van der Waals surface area contributed by atoms with Gasteiger partial charge in [0.05, 0.1) is 12.0 Å². The maximum Gasteiger partial charge on any atom is 0.419 e. The zero-order valence-electron chi connectivity index (χ0n) is 11.2. The molecule has 0 unspecified atom stereocenters. The zero-order valence-corrected chi connectivity index (χ0v) is 11.2. The lowest BCUT2D eigenvalue weighted by atomic mass is 9.99. The zero-order chi connectivity index (χ0) is 16.4. The van der Waals surface area contributed by atoms with Gasteiger partial charge in [-0.1, -0.05) is 0 Å². The topological polar surface area (TPSA) is 66.4 Å². The highest BCUT2D eigenvalue weighted by molar-refractivity contribution is 5.95. The van der Waals surface area contributed by atoms with Gasteiger partial charge in [0, 0.05) is 11.1 Å². The maximum absolute atomic E-state index is 13.1. The first-order valence-corrected chi connectivity index (χ1v) is 5.83. The van der Waals surface area contributed by atoms with Crippen molar-refractivity contribution in [2.24, 2.45) is 0 Å². The summed E-state index contributed by atoms with van der Waals surface area (Å²) in [4.78, 5) is 22.5. The Bertz CT molecular complexity index is 567. The van der Waals surface area contributed by atoms with Crippen LogP contribution in [0.3, 0.4) is 0 Å². The van der Waals surface area contributed by atoms with Gasteiger partial charge in [-0.25, -0.2) is 4.39 Å². The summed E-state index contributed by atoms with van der Waals surface area (Å²) in [7, 11) is 0. The van der Waals surface area contributed by atoms with E-state index >= 15 is 0 Å². The highest BCUT2D eigenvalue weighted by Gasteiger charge is 2.35. The van der Waals surface area contributed by atoms with Crippen molar-refractivity contribution in [3.05, 3.63) is 35.1 Å². The fourth-order valence-electron chi connectivity index (χ4n) is 1.69. The number of alkyl halides is 3. The molecule has 21 heavy (non-hydrogen) atoms. The number of nitrogens with one attached hydrogen (secondary N) is 1. The van der Waals surface area contributed by atoms with Crippen molar-refractivity contribution >= 4 is 11.9 Å². The van der Waals surface area contributed by atoms with Gasteiger partial charge in [0.25, 0.3) is 5.91 Å². The van der Waals surface area contributed by atoms with E-state index in [1.807, 2.05) is 0 Å². The minimum atomic E-state index is -4.92. The van der Waals surface area contributed by atoms with Crippen LogP contribution < -0.4 is 5.32 Å². The number of carboxylic acids is 1. The van der Waals surface area contributed by atoms with E-state index < -0.39 is 47.0 Å². The van der Waals surface area contributed by atoms with Gasteiger partial charge in [-0.15, -0.1) is 0 Å². The lowest BCUT2D eigenvalue weighted by molar-refractivity contribution is -0.140. The van der Waals surface area contributed by atoms with Crippen molar-refractivity contribution in [1.82, 2.24) is 5.32 Å². The van der Waals surface area contributed by atoms with Gasteiger partial charge in [-0.05, 0) is 32.0 Å². The second kappa shape index (κ2) is 5.71. The fourth-order valence-corrected chi connectivity index (χ4v) is 1.69. The maximum atomic E-state index is 13.1. The van der Waals surface area contributed by atoms with Gasteiger partial charge < -0.3 is 10.4 Å². The summed E-state index contributed by atoms with van der Waals surface area (Å²) in [5.41, 5.74) is -3.11. The molecule has 0 aliphatic rings. The van der Waals surface area contributed by atoms with Crippen molar-refractivity contribution < 1.29 is 32.3 Å². The summed E-state index contributed by atoms with van der Waals surface area (Å²) in [6, 6.07) is 1.83. The summed E-state index contributed by atoms with van der Waals surface area (Å²) in [5.74, 6) is -3.56. The van der Waals surface area contributed by atoms with Crippen LogP contribution >= 0.6 is 0 Å². The third kappa shape index (κ3) is 4.73. The lowest BCUT2D eigenvalue weighted by Crippen LogP contribution is -2.45. The molecule has 0 saturated carbocycles. The van der Waals surface area contributed by atoms with E-state index in [1.165, 1.54) is 13.8 Å². The Kier molecular flexibility index (Phi) is 4.60. The van der Waals surface area contributed by atoms with E-state index in [2.05, 4.69) is 5.32 Å². The first-order valence-electron chi connectivity index (χ1n) is 5.83. The van der Waals surface area contributed by atoms with Gasteiger partial charge >= 0.3 is 12.1 Å². The Balaban J connectivity index is 3.02. The van der Waals surface area contributed by atoms with Gasteiger partial charge in [0.1, 0.15) is 5.82 Å². The molecule has 0 aliphatic carbocycles. The van der Waals surface area contributed by atoms with Crippen LogP contribution in [0, 0.1) is 5.82 Å². The normalized spacial score (nSPS) is 12.1. The molecule has 0 aliphatic heterocycles. The predicted octanol–water partition coefficient (Wildman–Crippen LogP) is 2.83.